The van der Waals surface area contributed by atoms with Gasteiger partial charge in [-0.05, 0) is 44.7 Å². The Morgan fingerprint density at radius 3 is 2.61 bits per heavy atom. The largest absolute Gasteiger partial charge is 0.496 e. The molecule has 1 aromatic carbocycles. The first-order chi connectivity index (χ1) is 15.0. The molecule has 2 fully saturated rings. The molecule has 0 aliphatic carbocycles. The van der Waals surface area contributed by atoms with Gasteiger partial charge in [-0.1, -0.05) is 18.6 Å². The molecule has 0 radical (unpaired) electrons. The number of hydrogen-bond acceptors (Lipinski definition) is 5. The van der Waals surface area contributed by atoms with Gasteiger partial charge in [0.15, 0.2) is 0 Å². The summed E-state index contributed by atoms with van der Waals surface area (Å²) in [5, 5.41) is 5.70. The van der Waals surface area contributed by atoms with E-state index in [1.165, 1.54) is 0 Å². The summed E-state index contributed by atoms with van der Waals surface area (Å²) in [7, 11) is 1.55. The minimum absolute atomic E-state index is 0.0847. The molecule has 2 aliphatic heterocycles. The van der Waals surface area contributed by atoms with Crippen LogP contribution in [0.2, 0.25) is 0 Å². The van der Waals surface area contributed by atoms with Crippen LogP contribution in [-0.2, 0) is 14.3 Å². The first-order valence-electron chi connectivity index (χ1n) is 11.1. The van der Waals surface area contributed by atoms with Crippen molar-refractivity contribution in [2.24, 2.45) is 5.41 Å². The lowest BCUT2D eigenvalue weighted by molar-refractivity contribution is -0.137. The smallest absolute Gasteiger partial charge is 0.257 e. The Kier molecular flexibility index (Phi) is 7.90. The summed E-state index contributed by atoms with van der Waals surface area (Å²) in [6, 6.07) is 6.57. The molecule has 2 aliphatic rings. The summed E-state index contributed by atoms with van der Waals surface area (Å²) >= 11 is 0. The van der Waals surface area contributed by atoms with Crippen molar-refractivity contribution in [3.05, 3.63) is 29.8 Å². The normalized spacial score (nSPS) is 23.0. The van der Waals surface area contributed by atoms with Crippen LogP contribution in [0.1, 0.15) is 49.4 Å². The predicted molar refractivity (Wildman–Crippen MR) is 116 cm³/mol. The van der Waals surface area contributed by atoms with Gasteiger partial charge in [0.25, 0.3) is 5.91 Å². The zero-order chi connectivity index (χ0) is 22.3. The number of nitrogens with one attached hydrogen (secondary N) is 2. The Morgan fingerprint density at radius 1 is 1.13 bits per heavy atom. The molecule has 1 spiro atoms. The van der Waals surface area contributed by atoms with E-state index >= 15 is 0 Å². The van der Waals surface area contributed by atoms with Crippen LogP contribution in [0.5, 0.6) is 5.75 Å². The van der Waals surface area contributed by atoms with Gasteiger partial charge in [-0.25, -0.2) is 0 Å². The molecule has 3 amide bonds. The van der Waals surface area contributed by atoms with Crippen molar-refractivity contribution in [3.63, 3.8) is 0 Å². The van der Waals surface area contributed by atoms with Crippen molar-refractivity contribution < 1.29 is 23.9 Å². The highest BCUT2D eigenvalue weighted by atomic mass is 16.5. The van der Waals surface area contributed by atoms with Crippen LogP contribution in [-0.4, -0.2) is 68.6 Å². The number of carbonyl (C=O) groups is 3. The standard InChI is InChI=1S/C23H33N3O5/c1-17-20(27)24-12-16-31-15-6-5-9-23(22(29)25-17)10-13-26(14-11-23)21(28)18-7-3-4-8-19(18)30-2/h3-4,7-8,17H,5-6,9-16H2,1-2H3,(H,24,27)(H,25,29)/t17-/m0/s1. The Hall–Kier alpha value is -2.61. The molecule has 0 unspecified atom stereocenters. The zero-order valence-corrected chi connectivity index (χ0v) is 18.4. The maximum Gasteiger partial charge on any atom is 0.257 e. The molecular formula is C23H33N3O5. The quantitative estimate of drug-likeness (QED) is 0.744. The molecule has 170 valence electrons. The third-order valence-corrected chi connectivity index (χ3v) is 6.31. The van der Waals surface area contributed by atoms with Crippen LogP contribution >= 0.6 is 0 Å². The molecular weight excluding hydrogens is 398 g/mol. The number of amides is 3. The van der Waals surface area contributed by atoms with Crippen molar-refractivity contribution in [1.82, 2.24) is 15.5 Å². The fourth-order valence-corrected chi connectivity index (χ4v) is 4.30. The molecule has 8 nitrogen and oxygen atoms in total. The third kappa shape index (κ3) is 5.55. The number of benzene rings is 1. The summed E-state index contributed by atoms with van der Waals surface area (Å²) in [5.74, 6) is 0.153. The predicted octanol–water partition coefficient (Wildman–Crippen LogP) is 1.74. The van der Waals surface area contributed by atoms with Gasteiger partial charge in [-0.2, -0.15) is 0 Å². The number of rotatable bonds is 2. The van der Waals surface area contributed by atoms with Gasteiger partial charge in [0.05, 0.1) is 24.7 Å². The Balaban J connectivity index is 1.71. The second-order valence-corrected chi connectivity index (χ2v) is 8.33. The zero-order valence-electron chi connectivity index (χ0n) is 18.4. The van der Waals surface area contributed by atoms with Gasteiger partial charge in [0.1, 0.15) is 11.8 Å². The van der Waals surface area contributed by atoms with Gasteiger partial charge in [-0.3, -0.25) is 14.4 Å². The van der Waals surface area contributed by atoms with E-state index in [1.807, 2.05) is 12.1 Å². The van der Waals surface area contributed by atoms with E-state index in [0.29, 0.717) is 63.4 Å². The lowest BCUT2D eigenvalue weighted by Crippen LogP contribution is -2.54. The molecule has 1 atom stereocenters. The molecule has 31 heavy (non-hydrogen) atoms. The third-order valence-electron chi connectivity index (χ3n) is 6.31. The molecule has 0 bridgehead atoms. The number of methoxy groups -OCH3 is 1. The minimum atomic E-state index is -0.613. The summed E-state index contributed by atoms with van der Waals surface area (Å²) in [4.78, 5) is 40.3. The fourth-order valence-electron chi connectivity index (χ4n) is 4.30. The lowest BCUT2D eigenvalue weighted by Gasteiger charge is -2.41. The van der Waals surface area contributed by atoms with E-state index < -0.39 is 11.5 Å². The van der Waals surface area contributed by atoms with E-state index in [4.69, 9.17) is 9.47 Å². The Bertz CT molecular complexity index is 789. The number of nitrogens with zero attached hydrogens (tertiary/aromatic N) is 1. The molecule has 0 saturated carbocycles. The maximum atomic E-state index is 13.3. The number of hydrogen-bond donors (Lipinski definition) is 2. The minimum Gasteiger partial charge on any atom is -0.496 e. The van der Waals surface area contributed by atoms with Gasteiger partial charge < -0.3 is 25.0 Å². The van der Waals surface area contributed by atoms with Gasteiger partial charge in [0, 0.05) is 26.2 Å². The Morgan fingerprint density at radius 2 is 1.87 bits per heavy atom. The van der Waals surface area contributed by atoms with Crippen LogP contribution in [0.3, 0.4) is 0 Å². The maximum absolute atomic E-state index is 13.3. The molecule has 2 saturated heterocycles. The highest BCUT2D eigenvalue weighted by Gasteiger charge is 2.42. The number of likely N-dealkylation sites (tertiary alicyclic amines) is 1. The average Bonchev–Trinajstić information content (AvgIpc) is 2.80. The number of carbonyl (C=O) groups excluding carboxylic acids is 3. The van der Waals surface area contributed by atoms with Gasteiger partial charge in [-0.15, -0.1) is 0 Å². The Labute approximate surface area is 183 Å². The summed E-state index contributed by atoms with van der Waals surface area (Å²) in [6.45, 7) is 4.19. The van der Waals surface area contributed by atoms with Crippen LogP contribution in [0.25, 0.3) is 0 Å². The lowest BCUT2D eigenvalue weighted by atomic mass is 9.73. The summed E-state index contributed by atoms with van der Waals surface area (Å²) in [6.07, 6.45) is 3.57. The number of ether oxygens (including phenoxy) is 2. The molecule has 2 heterocycles. The van der Waals surface area contributed by atoms with Crippen molar-refractivity contribution in [2.45, 2.75) is 45.1 Å². The van der Waals surface area contributed by atoms with E-state index in [1.54, 1.807) is 31.1 Å². The van der Waals surface area contributed by atoms with E-state index in [0.717, 1.165) is 12.8 Å². The summed E-state index contributed by atoms with van der Waals surface area (Å²) < 4.78 is 10.9. The molecule has 0 aromatic heterocycles. The molecule has 3 rings (SSSR count). The fraction of sp³-hybridized carbons (Fsp3) is 0.609. The van der Waals surface area contributed by atoms with Crippen molar-refractivity contribution in [1.29, 1.82) is 0 Å². The second-order valence-electron chi connectivity index (χ2n) is 8.33. The average molecular weight is 432 g/mol. The number of piperidine rings is 1. The van der Waals surface area contributed by atoms with Gasteiger partial charge in [0.2, 0.25) is 11.8 Å². The molecule has 1 aromatic rings. The molecule has 2 N–H and O–H groups in total. The van der Waals surface area contributed by atoms with E-state index in [-0.39, 0.29) is 17.7 Å². The van der Waals surface area contributed by atoms with E-state index in [9.17, 15) is 14.4 Å². The topological polar surface area (TPSA) is 97.0 Å². The van der Waals surface area contributed by atoms with Crippen LogP contribution in [0, 0.1) is 5.41 Å². The van der Waals surface area contributed by atoms with Crippen LogP contribution < -0.4 is 15.4 Å². The first-order valence-corrected chi connectivity index (χ1v) is 11.1. The van der Waals surface area contributed by atoms with Crippen molar-refractivity contribution in [3.8, 4) is 5.75 Å². The van der Waals surface area contributed by atoms with Crippen LogP contribution in [0.15, 0.2) is 24.3 Å². The summed E-state index contributed by atoms with van der Waals surface area (Å²) in [5.41, 5.74) is -0.0528. The number of para-hydroxylation sites is 1. The highest BCUT2D eigenvalue weighted by molar-refractivity contribution is 5.97. The monoisotopic (exact) mass is 431 g/mol. The van der Waals surface area contributed by atoms with Crippen molar-refractivity contribution >= 4 is 17.7 Å². The van der Waals surface area contributed by atoms with Gasteiger partial charge >= 0.3 is 0 Å². The van der Waals surface area contributed by atoms with Crippen molar-refractivity contribution in [2.75, 3.05) is 40.0 Å². The highest BCUT2D eigenvalue weighted by Crippen LogP contribution is 2.38. The first kappa shape index (κ1) is 23.1. The van der Waals surface area contributed by atoms with E-state index in [2.05, 4.69) is 10.6 Å². The second kappa shape index (κ2) is 10.6. The molecule has 8 heteroatoms. The van der Waals surface area contributed by atoms with Crippen LogP contribution in [0.4, 0.5) is 0 Å². The SMILES string of the molecule is COc1ccccc1C(=O)N1CCC2(CCCCOCCNC(=O)[C@H](C)NC2=O)CC1.